The Morgan fingerprint density at radius 3 is 2.67 bits per heavy atom. The smallest absolute Gasteiger partial charge is 0.0270 e. The van der Waals surface area contributed by atoms with E-state index in [2.05, 4.69) is 78.3 Å². The third-order valence-electron chi connectivity index (χ3n) is 3.65. The van der Waals surface area contributed by atoms with Gasteiger partial charge in [0.15, 0.2) is 0 Å². The van der Waals surface area contributed by atoms with Crippen LogP contribution < -0.4 is 0 Å². The van der Waals surface area contributed by atoms with E-state index in [9.17, 15) is 0 Å². The van der Waals surface area contributed by atoms with Crippen LogP contribution in [0.1, 0.15) is 25.8 Å². The largest absolute Gasteiger partial charge is 0.296 e. The van der Waals surface area contributed by atoms with E-state index in [0.717, 1.165) is 26.1 Å². The van der Waals surface area contributed by atoms with Crippen LogP contribution in [0, 0.1) is 11.8 Å². The summed E-state index contributed by atoms with van der Waals surface area (Å²) in [7, 11) is 0. The summed E-state index contributed by atoms with van der Waals surface area (Å²) in [6.45, 7) is 7.11. The molecule has 0 aliphatic rings. The number of nitrogens with zero attached hydrogens (tertiary/aromatic N) is 1. The molecule has 21 heavy (non-hydrogen) atoms. The van der Waals surface area contributed by atoms with Crippen LogP contribution in [0.4, 0.5) is 0 Å². The minimum absolute atomic E-state index is 0.850. The number of hydrogen-bond donors (Lipinski definition) is 0. The Labute approximate surface area is 128 Å². The molecule has 0 amide bonds. The van der Waals surface area contributed by atoms with Gasteiger partial charge in [0.05, 0.1) is 0 Å². The molecule has 2 aromatic carbocycles. The predicted molar refractivity (Wildman–Crippen MR) is 92.1 cm³/mol. The van der Waals surface area contributed by atoms with Gasteiger partial charge in [0.2, 0.25) is 0 Å². The Morgan fingerprint density at radius 1 is 1.05 bits per heavy atom. The highest BCUT2D eigenvalue weighted by Crippen LogP contribution is 2.19. The van der Waals surface area contributed by atoms with E-state index in [1.807, 2.05) is 6.92 Å². The van der Waals surface area contributed by atoms with Gasteiger partial charge in [-0.2, -0.15) is 0 Å². The Balaban J connectivity index is 2.06. The monoisotopic (exact) mass is 277 g/mol. The molecular formula is C20H23N. The van der Waals surface area contributed by atoms with Crippen molar-refractivity contribution in [1.29, 1.82) is 0 Å². The Hall–Kier alpha value is -2.04. The van der Waals surface area contributed by atoms with Crippen LogP contribution in [-0.2, 0) is 6.54 Å². The quantitative estimate of drug-likeness (QED) is 0.549. The van der Waals surface area contributed by atoms with Gasteiger partial charge in [-0.3, -0.25) is 4.90 Å². The number of hydrogen-bond acceptors (Lipinski definition) is 1. The fourth-order valence-corrected chi connectivity index (χ4v) is 2.44. The zero-order chi connectivity index (χ0) is 14.9. The normalized spacial score (nSPS) is 11.0. The fraction of sp³-hybridized carbons (Fsp3) is 0.300. The highest BCUT2D eigenvalue weighted by molar-refractivity contribution is 5.85. The Bertz CT molecular complexity index is 653. The first-order valence-electron chi connectivity index (χ1n) is 7.58. The summed E-state index contributed by atoms with van der Waals surface area (Å²) in [6.07, 6.45) is 5.23. The molecule has 0 N–H and O–H groups in total. The van der Waals surface area contributed by atoms with E-state index in [1.165, 1.54) is 16.3 Å². The lowest BCUT2D eigenvalue weighted by Gasteiger charge is -2.19. The zero-order valence-electron chi connectivity index (χ0n) is 13.0. The minimum Gasteiger partial charge on any atom is -0.296 e. The molecule has 0 saturated heterocycles. The number of likely N-dealkylation sites (N-methyl/N-ethyl adjacent to an activating group) is 1. The number of allylic oxidation sites excluding steroid dienone is 1. The molecule has 1 heteroatoms. The molecule has 0 unspecified atom stereocenters. The van der Waals surface area contributed by atoms with Crippen molar-refractivity contribution < 1.29 is 0 Å². The lowest BCUT2D eigenvalue weighted by Crippen LogP contribution is -2.22. The second-order valence-electron chi connectivity index (χ2n) is 5.07. The predicted octanol–water partition coefficient (Wildman–Crippen LogP) is 4.63. The number of fused-ring (bicyclic) bond motifs is 1. The molecule has 1 nitrogen and oxygen atoms in total. The van der Waals surface area contributed by atoms with Crippen molar-refractivity contribution in [2.75, 3.05) is 13.1 Å². The molecule has 0 saturated carbocycles. The van der Waals surface area contributed by atoms with Crippen LogP contribution in [0.5, 0.6) is 0 Å². The SMILES string of the molecule is CC#CC/C=C/CN(CC)Cc1cccc2ccccc12. The highest BCUT2D eigenvalue weighted by atomic mass is 15.1. The molecule has 0 aromatic heterocycles. The maximum Gasteiger partial charge on any atom is 0.0270 e. The molecule has 0 aliphatic carbocycles. The van der Waals surface area contributed by atoms with Crippen LogP contribution in [0.25, 0.3) is 10.8 Å². The molecule has 0 aliphatic heterocycles. The lowest BCUT2D eigenvalue weighted by atomic mass is 10.0. The third-order valence-corrected chi connectivity index (χ3v) is 3.65. The molecule has 2 rings (SSSR count). The summed E-state index contributed by atoms with van der Waals surface area (Å²) in [4.78, 5) is 2.44. The van der Waals surface area contributed by atoms with E-state index >= 15 is 0 Å². The summed E-state index contributed by atoms with van der Waals surface area (Å²) in [5.74, 6) is 5.97. The van der Waals surface area contributed by atoms with Crippen molar-refractivity contribution in [3.63, 3.8) is 0 Å². The molecule has 0 atom stereocenters. The van der Waals surface area contributed by atoms with E-state index in [1.54, 1.807) is 0 Å². The second kappa shape index (κ2) is 8.29. The topological polar surface area (TPSA) is 3.24 Å². The molecular weight excluding hydrogens is 254 g/mol. The van der Waals surface area contributed by atoms with Gasteiger partial charge in [-0.05, 0) is 29.8 Å². The summed E-state index contributed by atoms with van der Waals surface area (Å²) < 4.78 is 0. The molecule has 0 bridgehead atoms. The van der Waals surface area contributed by atoms with Gasteiger partial charge in [0.25, 0.3) is 0 Å². The summed E-state index contributed by atoms with van der Waals surface area (Å²) in [6, 6.07) is 15.2. The van der Waals surface area contributed by atoms with Crippen molar-refractivity contribution >= 4 is 10.8 Å². The molecule has 0 heterocycles. The first-order chi connectivity index (χ1) is 10.3. The minimum atomic E-state index is 0.850. The molecule has 0 fully saturated rings. The fourth-order valence-electron chi connectivity index (χ4n) is 2.44. The van der Waals surface area contributed by atoms with E-state index < -0.39 is 0 Å². The summed E-state index contributed by atoms with van der Waals surface area (Å²) in [5, 5.41) is 2.68. The van der Waals surface area contributed by atoms with Crippen molar-refractivity contribution in [3.8, 4) is 11.8 Å². The number of rotatable bonds is 6. The van der Waals surface area contributed by atoms with Crippen LogP contribution in [0.2, 0.25) is 0 Å². The van der Waals surface area contributed by atoms with E-state index in [0.29, 0.717) is 0 Å². The lowest BCUT2D eigenvalue weighted by molar-refractivity contribution is 0.312. The van der Waals surface area contributed by atoms with Gasteiger partial charge in [-0.15, -0.1) is 5.92 Å². The second-order valence-corrected chi connectivity index (χ2v) is 5.07. The van der Waals surface area contributed by atoms with Crippen LogP contribution in [-0.4, -0.2) is 18.0 Å². The average Bonchev–Trinajstić information content (AvgIpc) is 2.53. The van der Waals surface area contributed by atoms with Crippen molar-refractivity contribution in [1.82, 2.24) is 4.90 Å². The van der Waals surface area contributed by atoms with Gasteiger partial charge in [-0.1, -0.05) is 67.5 Å². The summed E-state index contributed by atoms with van der Waals surface area (Å²) >= 11 is 0. The summed E-state index contributed by atoms with van der Waals surface area (Å²) in [5.41, 5.74) is 1.40. The van der Waals surface area contributed by atoms with Gasteiger partial charge in [0.1, 0.15) is 0 Å². The third kappa shape index (κ3) is 4.48. The van der Waals surface area contributed by atoms with Crippen LogP contribution >= 0.6 is 0 Å². The number of benzene rings is 2. The van der Waals surface area contributed by atoms with Crippen molar-refractivity contribution in [3.05, 3.63) is 60.2 Å². The first kappa shape index (κ1) is 15.4. The maximum atomic E-state index is 3.06. The zero-order valence-corrected chi connectivity index (χ0v) is 13.0. The highest BCUT2D eigenvalue weighted by Gasteiger charge is 2.05. The Morgan fingerprint density at radius 2 is 1.86 bits per heavy atom. The average molecular weight is 277 g/mol. The van der Waals surface area contributed by atoms with Crippen LogP contribution in [0.15, 0.2) is 54.6 Å². The van der Waals surface area contributed by atoms with Gasteiger partial charge < -0.3 is 0 Å². The van der Waals surface area contributed by atoms with Crippen molar-refractivity contribution in [2.24, 2.45) is 0 Å². The van der Waals surface area contributed by atoms with Gasteiger partial charge in [-0.25, -0.2) is 0 Å². The first-order valence-corrected chi connectivity index (χ1v) is 7.58. The van der Waals surface area contributed by atoms with E-state index in [-0.39, 0.29) is 0 Å². The Kier molecular flexibility index (Phi) is 6.06. The van der Waals surface area contributed by atoms with Crippen LogP contribution in [0.3, 0.4) is 0 Å². The molecule has 0 spiro atoms. The van der Waals surface area contributed by atoms with Crippen molar-refractivity contribution in [2.45, 2.75) is 26.8 Å². The van der Waals surface area contributed by atoms with E-state index in [4.69, 9.17) is 0 Å². The maximum absolute atomic E-state index is 3.06. The molecule has 108 valence electrons. The molecule has 0 radical (unpaired) electrons. The molecule has 2 aromatic rings. The standard InChI is InChI=1S/C20H23N/c1-3-5-6-7-10-16-21(4-2)17-19-14-11-13-18-12-8-9-15-20(18)19/h7-15H,4,6,16-17H2,1-2H3/b10-7+. The van der Waals surface area contributed by atoms with Gasteiger partial charge >= 0.3 is 0 Å². The van der Waals surface area contributed by atoms with Gasteiger partial charge in [0, 0.05) is 19.5 Å².